The number of aromatic nitrogens is 4. The van der Waals surface area contributed by atoms with Crippen molar-refractivity contribution >= 4 is 22.6 Å². The molecule has 0 spiro atoms. The Morgan fingerprint density at radius 3 is 2.71 bits per heavy atom. The minimum absolute atomic E-state index is 0.00259. The summed E-state index contributed by atoms with van der Waals surface area (Å²) in [5.74, 6) is 0.659. The second-order valence-corrected chi connectivity index (χ2v) is 10.8. The number of alkyl carbamates (subject to hydrolysis) is 1. The highest BCUT2D eigenvalue weighted by atomic mass is 19.4. The average Bonchev–Trinajstić information content (AvgIpc) is 3.52. The smallest absolute Gasteiger partial charge is 0.408 e. The molecule has 4 heterocycles. The lowest BCUT2D eigenvalue weighted by molar-refractivity contribution is -0.184. The molecule has 1 saturated heterocycles. The number of rotatable bonds is 6. The van der Waals surface area contributed by atoms with Crippen molar-refractivity contribution in [2.24, 2.45) is 0 Å². The van der Waals surface area contributed by atoms with Gasteiger partial charge in [0.05, 0.1) is 0 Å². The summed E-state index contributed by atoms with van der Waals surface area (Å²) >= 11 is 0. The maximum atomic E-state index is 14.5. The number of carbonyl (C=O) groups excluding carboxylic acids is 1. The molecule has 0 unspecified atom stereocenters. The van der Waals surface area contributed by atoms with Crippen molar-refractivity contribution in [1.82, 2.24) is 29.8 Å². The summed E-state index contributed by atoms with van der Waals surface area (Å²) in [6.45, 7) is 5.14. The number of benzene rings is 1. The summed E-state index contributed by atoms with van der Waals surface area (Å²) in [7, 11) is 0. The highest BCUT2D eigenvalue weighted by Crippen LogP contribution is 2.40. The number of carbonyl (C=O) groups is 1. The molecule has 4 aromatic rings. The van der Waals surface area contributed by atoms with Crippen LogP contribution in [-0.2, 0) is 4.74 Å². The molecule has 1 aromatic carbocycles. The molecule has 0 bridgehead atoms. The number of nitrogens with zero attached hydrogens (tertiary/aromatic N) is 6. The predicted octanol–water partition coefficient (Wildman–Crippen LogP) is 5.05. The Bertz CT molecular complexity index is 1620. The molecule has 3 aromatic heterocycles. The zero-order valence-electron chi connectivity index (χ0n) is 22.6. The summed E-state index contributed by atoms with van der Waals surface area (Å²) in [6, 6.07) is 11.2. The number of ether oxygens (including phenoxy) is 2. The molecule has 2 atom stereocenters. The lowest BCUT2D eigenvalue weighted by atomic mass is 10.1. The maximum Gasteiger partial charge on any atom is 0.408 e. The molecule has 1 amide bonds. The third kappa shape index (κ3) is 6.17. The van der Waals surface area contributed by atoms with Crippen LogP contribution in [0.3, 0.4) is 0 Å². The Morgan fingerprint density at radius 2 is 1.98 bits per heavy atom. The van der Waals surface area contributed by atoms with Gasteiger partial charge in [0.15, 0.2) is 18.1 Å². The van der Waals surface area contributed by atoms with Gasteiger partial charge in [0, 0.05) is 30.7 Å². The van der Waals surface area contributed by atoms with Crippen molar-refractivity contribution < 1.29 is 27.4 Å². The van der Waals surface area contributed by atoms with Crippen LogP contribution in [0.15, 0.2) is 48.7 Å². The number of hydrogen-bond acceptors (Lipinski definition) is 8. The van der Waals surface area contributed by atoms with Gasteiger partial charge in [0.25, 0.3) is 0 Å². The normalized spacial score (nSPS) is 17.0. The van der Waals surface area contributed by atoms with Crippen LogP contribution in [0.25, 0.3) is 28.1 Å². The van der Waals surface area contributed by atoms with Crippen molar-refractivity contribution in [3.63, 3.8) is 0 Å². The quantitative estimate of drug-likeness (QED) is 0.344. The monoisotopic (exact) mass is 567 g/mol. The average molecular weight is 568 g/mol. The Kier molecular flexibility index (Phi) is 7.44. The number of nitrogens with one attached hydrogen (secondary N) is 1. The Hall–Kier alpha value is -4.44. The molecule has 1 aliphatic rings. The summed E-state index contributed by atoms with van der Waals surface area (Å²) in [6.07, 6.45) is -3.52. The van der Waals surface area contributed by atoms with Crippen LogP contribution in [0, 0.1) is 11.3 Å². The van der Waals surface area contributed by atoms with E-state index in [0.717, 1.165) is 5.39 Å². The number of fused-ring (bicyclic) bond motifs is 2. The molecule has 5 rings (SSSR count). The summed E-state index contributed by atoms with van der Waals surface area (Å²) in [5.41, 5.74) is 0.506. The number of nitriles is 1. The third-order valence-corrected chi connectivity index (χ3v) is 6.56. The number of para-hydroxylation sites is 1. The van der Waals surface area contributed by atoms with Crippen LogP contribution in [0.4, 0.5) is 18.0 Å². The van der Waals surface area contributed by atoms with E-state index in [9.17, 15) is 18.0 Å². The van der Waals surface area contributed by atoms with Gasteiger partial charge in [-0.1, -0.05) is 24.3 Å². The van der Waals surface area contributed by atoms with E-state index >= 15 is 0 Å². The lowest BCUT2D eigenvalue weighted by Gasteiger charge is -2.30. The molecule has 214 valence electrons. The molecule has 1 fully saturated rings. The first kappa shape index (κ1) is 28.1. The van der Waals surface area contributed by atoms with E-state index in [0.29, 0.717) is 29.0 Å². The van der Waals surface area contributed by atoms with Gasteiger partial charge in [-0.25, -0.2) is 9.78 Å². The van der Waals surface area contributed by atoms with E-state index in [4.69, 9.17) is 14.7 Å². The minimum atomic E-state index is -4.59. The van der Waals surface area contributed by atoms with E-state index in [2.05, 4.69) is 20.5 Å². The molecule has 41 heavy (non-hydrogen) atoms. The number of amides is 1. The Labute approximate surface area is 233 Å². The van der Waals surface area contributed by atoms with Crippen molar-refractivity contribution in [1.29, 1.82) is 5.26 Å². The number of pyridine rings is 2. The first-order valence-electron chi connectivity index (χ1n) is 13.0. The third-order valence-electron chi connectivity index (χ3n) is 6.56. The van der Waals surface area contributed by atoms with Crippen LogP contribution >= 0.6 is 0 Å². The fourth-order valence-corrected chi connectivity index (χ4v) is 4.94. The highest BCUT2D eigenvalue weighted by molar-refractivity contribution is 5.86. The van der Waals surface area contributed by atoms with E-state index in [-0.39, 0.29) is 31.1 Å². The molecular formula is C28H28F3N7O3. The zero-order valence-corrected chi connectivity index (χ0v) is 22.6. The first-order valence-corrected chi connectivity index (χ1v) is 13.0. The molecule has 0 saturated carbocycles. The van der Waals surface area contributed by atoms with Crippen molar-refractivity contribution in [2.75, 3.05) is 19.7 Å². The molecule has 1 N–H and O–H groups in total. The Morgan fingerprint density at radius 1 is 1.17 bits per heavy atom. The van der Waals surface area contributed by atoms with Crippen LogP contribution < -0.4 is 10.1 Å². The van der Waals surface area contributed by atoms with Gasteiger partial charge < -0.3 is 14.8 Å². The van der Waals surface area contributed by atoms with E-state index in [1.807, 2.05) is 12.1 Å². The lowest BCUT2D eigenvalue weighted by Crippen LogP contribution is -2.42. The van der Waals surface area contributed by atoms with Gasteiger partial charge >= 0.3 is 12.3 Å². The standard InChI is InChI=1S/C28H28F3N7O3/c1-27(2,3)41-26(39)33-19-11-13-37(16-19)24(28(29,30)31)18-8-10-22-35-36-25(38(22)15-18)20-9-7-17-5-4-6-21(23(17)34-20)40-14-12-32/h4-10,15,19,24H,11,13-14,16H2,1-3H3,(H,33,39)/t19-,24+/m0/s1. The molecule has 10 nitrogen and oxygen atoms in total. The minimum Gasteiger partial charge on any atom is -0.476 e. The van der Waals surface area contributed by atoms with Gasteiger partial charge in [-0.3, -0.25) is 9.30 Å². The molecule has 13 heteroatoms. The van der Waals surface area contributed by atoms with Gasteiger partial charge in [0.1, 0.15) is 34.7 Å². The van der Waals surface area contributed by atoms with Gasteiger partial charge in [-0.05, 0) is 51.0 Å². The fourth-order valence-electron chi connectivity index (χ4n) is 4.94. The van der Waals surface area contributed by atoms with Crippen LogP contribution in [0.5, 0.6) is 5.75 Å². The van der Waals surface area contributed by atoms with Crippen molar-refractivity contribution in [3.8, 4) is 23.3 Å². The number of hydrogen-bond donors (Lipinski definition) is 1. The SMILES string of the molecule is CC(C)(C)OC(=O)N[C@H]1CCN([C@H](c2ccc3nnc(-c4ccc5cccc(OCC#N)c5n4)n3c2)C(F)(F)F)C1. The summed E-state index contributed by atoms with van der Waals surface area (Å²) < 4.78 is 55.7. The van der Waals surface area contributed by atoms with Gasteiger partial charge in [-0.2, -0.15) is 18.4 Å². The van der Waals surface area contributed by atoms with E-state index in [1.54, 1.807) is 45.0 Å². The van der Waals surface area contributed by atoms with Crippen LogP contribution in [-0.4, -0.2) is 68.1 Å². The van der Waals surface area contributed by atoms with Crippen molar-refractivity contribution in [2.45, 2.75) is 51.1 Å². The largest absolute Gasteiger partial charge is 0.476 e. The number of halogens is 3. The topological polar surface area (TPSA) is 118 Å². The van der Waals surface area contributed by atoms with Crippen LogP contribution in [0.2, 0.25) is 0 Å². The van der Waals surface area contributed by atoms with E-state index < -0.39 is 30.0 Å². The second-order valence-electron chi connectivity index (χ2n) is 10.8. The Balaban J connectivity index is 1.46. The maximum absolute atomic E-state index is 14.5. The number of likely N-dealkylation sites (tertiary alicyclic amines) is 1. The van der Waals surface area contributed by atoms with Crippen LogP contribution in [0.1, 0.15) is 38.8 Å². The second kappa shape index (κ2) is 10.9. The molecular weight excluding hydrogens is 539 g/mol. The fraction of sp³-hybridized carbons (Fsp3) is 0.393. The van der Waals surface area contributed by atoms with Gasteiger partial charge in [0.2, 0.25) is 0 Å². The first-order chi connectivity index (χ1) is 19.4. The molecule has 0 aliphatic carbocycles. The van der Waals surface area contributed by atoms with E-state index in [1.165, 1.54) is 27.6 Å². The zero-order chi connectivity index (χ0) is 29.4. The highest BCUT2D eigenvalue weighted by Gasteiger charge is 2.47. The van der Waals surface area contributed by atoms with Gasteiger partial charge in [-0.15, -0.1) is 10.2 Å². The van der Waals surface area contributed by atoms with Crippen molar-refractivity contribution in [3.05, 3.63) is 54.2 Å². The molecule has 0 radical (unpaired) electrons. The predicted molar refractivity (Wildman–Crippen MR) is 143 cm³/mol. The number of alkyl halides is 3. The summed E-state index contributed by atoms with van der Waals surface area (Å²) in [4.78, 5) is 18.1. The molecule has 1 aliphatic heterocycles. The summed E-state index contributed by atoms with van der Waals surface area (Å²) in [5, 5.41) is 20.7.